The molecule has 0 saturated heterocycles. The molecule has 0 radical (unpaired) electrons. The maximum Gasteiger partial charge on any atom is 1.00 e. The molecule has 0 fully saturated rings. The van der Waals surface area contributed by atoms with Gasteiger partial charge in [-0.2, -0.15) is 5.01 Å². The van der Waals surface area contributed by atoms with Gasteiger partial charge in [-0.3, -0.25) is 0 Å². The SMILES string of the molecule is CN(N=O)C(=O)Nc1ccccc1.O=N[O-].[Na+]. The van der Waals surface area contributed by atoms with Gasteiger partial charge >= 0.3 is 35.6 Å². The van der Waals surface area contributed by atoms with Crippen molar-refractivity contribution in [3.05, 3.63) is 45.4 Å². The van der Waals surface area contributed by atoms with Crippen LogP contribution in [0.5, 0.6) is 0 Å². The van der Waals surface area contributed by atoms with E-state index in [4.69, 9.17) is 10.1 Å². The van der Waals surface area contributed by atoms with Crippen molar-refractivity contribution < 1.29 is 34.4 Å². The third kappa shape index (κ3) is 8.31. The van der Waals surface area contributed by atoms with E-state index in [1.54, 1.807) is 24.3 Å². The predicted octanol–water partition coefficient (Wildman–Crippen LogP) is -0.914. The fourth-order valence-corrected chi connectivity index (χ4v) is 0.763. The molecule has 2 amide bonds. The summed E-state index contributed by atoms with van der Waals surface area (Å²) in [5.74, 6) is 0. The molecule has 86 valence electrons. The summed E-state index contributed by atoms with van der Waals surface area (Å²) in [4.78, 5) is 29.0. The van der Waals surface area contributed by atoms with Gasteiger partial charge in [-0.25, -0.2) is 4.79 Å². The first-order valence-corrected chi connectivity index (χ1v) is 4.03. The molecule has 0 aliphatic heterocycles. The number of carbonyl (C=O) groups is 1. The number of para-hydroxylation sites is 1. The van der Waals surface area contributed by atoms with Gasteiger partial charge in [-0.15, -0.1) is 10.2 Å². The van der Waals surface area contributed by atoms with Gasteiger partial charge < -0.3 is 15.4 Å². The Hall–Kier alpha value is -1.51. The van der Waals surface area contributed by atoms with Crippen molar-refractivity contribution in [1.29, 1.82) is 0 Å². The van der Waals surface area contributed by atoms with E-state index in [1.165, 1.54) is 7.05 Å². The smallest absolute Gasteiger partial charge is 0.444 e. The van der Waals surface area contributed by atoms with Crippen LogP contribution in [0.3, 0.4) is 0 Å². The van der Waals surface area contributed by atoms with E-state index in [0.717, 1.165) is 5.34 Å². The van der Waals surface area contributed by atoms with Gasteiger partial charge in [0.2, 0.25) is 0 Å². The standard InChI is InChI=1S/C8H9N3O2.HNO2.Na/c1-11(10-13)8(12)9-7-5-3-2-4-6-7;2-1-3;/h2-6H,1H3,(H,9,12);(H,2,3);/q;;+1/p-1. The monoisotopic (exact) mass is 248 g/mol. The van der Waals surface area contributed by atoms with Gasteiger partial charge in [0.25, 0.3) is 0 Å². The number of anilines is 1. The molecule has 0 unspecified atom stereocenters. The molecule has 9 heteroatoms. The van der Waals surface area contributed by atoms with Crippen molar-refractivity contribution in [3.8, 4) is 0 Å². The average molecular weight is 248 g/mol. The zero-order chi connectivity index (χ0) is 12.4. The summed E-state index contributed by atoms with van der Waals surface area (Å²) in [6, 6.07) is 8.28. The second kappa shape index (κ2) is 11.0. The van der Waals surface area contributed by atoms with Crippen LogP contribution >= 0.6 is 0 Å². The number of urea groups is 1. The fourth-order valence-electron chi connectivity index (χ4n) is 0.763. The molecule has 0 bridgehead atoms. The molecule has 17 heavy (non-hydrogen) atoms. The summed E-state index contributed by atoms with van der Waals surface area (Å²) in [6.07, 6.45) is 0. The maximum atomic E-state index is 11.1. The number of nitrogens with zero attached hydrogens (tertiary/aromatic N) is 3. The molecule has 1 aromatic carbocycles. The van der Waals surface area contributed by atoms with Crippen molar-refractivity contribution in [1.82, 2.24) is 5.01 Å². The third-order valence-corrected chi connectivity index (χ3v) is 1.44. The predicted molar refractivity (Wildman–Crippen MR) is 58.2 cm³/mol. The summed E-state index contributed by atoms with van der Waals surface area (Å²) < 4.78 is 0. The zero-order valence-corrected chi connectivity index (χ0v) is 11.4. The Morgan fingerprint density at radius 2 is 1.76 bits per heavy atom. The van der Waals surface area contributed by atoms with Crippen LogP contribution in [0, 0.1) is 15.0 Å². The number of rotatable bonds is 2. The van der Waals surface area contributed by atoms with Gasteiger partial charge in [0, 0.05) is 12.7 Å². The Labute approximate surface area is 119 Å². The summed E-state index contributed by atoms with van der Waals surface area (Å²) >= 11 is 0. The quantitative estimate of drug-likeness (QED) is 0.414. The minimum Gasteiger partial charge on any atom is -0.444 e. The van der Waals surface area contributed by atoms with Gasteiger partial charge in [-0.1, -0.05) is 18.2 Å². The number of benzene rings is 1. The van der Waals surface area contributed by atoms with Gasteiger partial charge in [0.15, 0.2) is 0 Å². The topological polar surface area (TPSA) is 114 Å². The molecule has 0 aliphatic carbocycles. The van der Waals surface area contributed by atoms with Crippen LogP contribution in [0.15, 0.2) is 41.0 Å². The van der Waals surface area contributed by atoms with Crippen LogP contribution in [0.2, 0.25) is 0 Å². The van der Waals surface area contributed by atoms with Crippen molar-refractivity contribution in [3.63, 3.8) is 0 Å². The Morgan fingerprint density at radius 3 is 2.18 bits per heavy atom. The first kappa shape index (κ1) is 17.9. The van der Waals surface area contributed by atoms with Crippen LogP contribution in [-0.2, 0) is 0 Å². The number of nitrogens with one attached hydrogen (secondary N) is 1. The Balaban J connectivity index is 0. The van der Waals surface area contributed by atoms with Crippen LogP contribution in [0.1, 0.15) is 0 Å². The first-order chi connectivity index (χ1) is 7.65. The molecule has 1 aromatic rings. The van der Waals surface area contributed by atoms with Gasteiger partial charge in [0.1, 0.15) is 0 Å². The Bertz CT molecular complexity index is 349. The Kier molecular flexibility index (Phi) is 11.6. The fraction of sp³-hybridized carbons (Fsp3) is 0.125. The van der Waals surface area contributed by atoms with E-state index in [2.05, 4.69) is 10.6 Å². The summed E-state index contributed by atoms with van der Waals surface area (Å²) in [7, 11) is 1.28. The van der Waals surface area contributed by atoms with E-state index in [1.807, 2.05) is 6.07 Å². The summed E-state index contributed by atoms with van der Waals surface area (Å²) in [5.41, 5.74) is 0.628. The molecule has 0 heterocycles. The van der Waals surface area contributed by atoms with E-state index >= 15 is 0 Å². The summed E-state index contributed by atoms with van der Waals surface area (Å²) in [5, 5.41) is 14.6. The molecule has 0 aromatic heterocycles. The molecule has 8 nitrogen and oxygen atoms in total. The molecule has 1 rings (SSSR count). The number of hydrogen-bond acceptors (Lipinski definition) is 6. The molecule has 1 N–H and O–H groups in total. The van der Waals surface area contributed by atoms with Crippen molar-refractivity contribution >= 4 is 11.7 Å². The van der Waals surface area contributed by atoms with Crippen molar-refractivity contribution in [2.45, 2.75) is 0 Å². The van der Waals surface area contributed by atoms with Crippen molar-refractivity contribution in [2.24, 2.45) is 10.6 Å². The minimum atomic E-state index is -0.554. The molecular weight excluding hydrogens is 239 g/mol. The second-order valence-corrected chi connectivity index (χ2v) is 2.48. The van der Waals surface area contributed by atoms with Crippen LogP contribution in [-0.4, -0.2) is 18.1 Å². The second-order valence-electron chi connectivity index (χ2n) is 2.48. The Morgan fingerprint density at radius 1 is 1.29 bits per heavy atom. The maximum absolute atomic E-state index is 11.1. The van der Waals surface area contributed by atoms with E-state index < -0.39 is 6.03 Å². The van der Waals surface area contributed by atoms with E-state index in [9.17, 15) is 9.70 Å². The molecule has 0 saturated carbocycles. The molecule has 0 spiro atoms. The largest absolute Gasteiger partial charge is 1.00 e. The van der Waals surface area contributed by atoms with E-state index in [0.29, 0.717) is 10.7 Å². The van der Waals surface area contributed by atoms with Gasteiger partial charge in [0.05, 0.1) is 5.29 Å². The number of nitroso groups, excluding NO2 is 1. The average Bonchev–Trinajstić information content (AvgIpc) is 2.30. The van der Waals surface area contributed by atoms with Crippen LogP contribution < -0.4 is 34.9 Å². The van der Waals surface area contributed by atoms with Crippen LogP contribution in [0.4, 0.5) is 10.5 Å². The van der Waals surface area contributed by atoms with E-state index in [-0.39, 0.29) is 29.6 Å². The molecule has 0 aliphatic rings. The zero-order valence-electron chi connectivity index (χ0n) is 9.36. The first-order valence-electron chi connectivity index (χ1n) is 4.03. The van der Waals surface area contributed by atoms with Crippen LogP contribution in [0.25, 0.3) is 0 Å². The number of hydrogen-bond donors (Lipinski definition) is 1. The normalized spacial score (nSPS) is 7.59. The minimum absolute atomic E-state index is 0. The molecule has 0 atom stereocenters. The number of amides is 2. The van der Waals surface area contributed by atoms with Crippen molar-refractivity contribution in [2.75, 3.05) is 12.4 Å². The summed E-state index contributed by atoms with van der Waals surface area (Å²) in [6.45, 7) is 0. The third-order valence-electron chi connectivity index (χ3n) is 1.44. The van der Waals surface area contributed by atoms with Gasteiger partial charge in [-0.05, 0) is 12.1 Å². The number of carbonyl (C=O) groups excluding carboxylic acids is 1. The molecular formula is C8H9N4NaO4.